The quantitative estimate of drug-likeness (QED) is 0.0856. The maximum atomic E-state index is 12.9. The van der Waals surface area contributed by atoms with Crippen molar-refractivity contribution in [3.63, 3.8) is 0 Å². The topological polar surface area (TPSA) is 115 Å². The summed E-state index contributed by atoms with van der Waals surface area (Å²) in [7, 11) is 0. The number of alkyl carbamates (subject to hydrolysis) is 1. The molecule has 2 heterocycles. The van der Waals surface area contributed by atoms with Crippen LogP contribution in [0.3, 0.4) is 0 Å². The van der Waals surface area contributed by atoms with Crippen LogP contribution in [0.2, 0.25) is 0 Å². The van der Waals surface area contributed by atoms with Crippen LogP contribution in [0.25, 0.3) is 0 Å². The van der Waals surface area contributed by atoms with Gasteiger partial charge < -0.3 is 19.3 Å². The van der Waals surface area contributed by atoms with Crippen LogP contribution in [0.15, 0.2) is 41.2 Å². The van der Waals surface area contributed by atoms with E-state index in [1.165, 1.54) is 103 Å². The largest absolute Gasteiger partial charge is 0.449 e. The van der Waals surface area contributed by atoms with Gasteiger partial charge in [-0.25, -0.2) is 19.1 Å². The lowest BCUT2D eigenvalue weighted by Crippen LogP contribution is -2.43. The van der Waals surface area contributed by atoms with Crippen molar-refractivity contribution in [1.82, 2.24) is 15.4 Å². The highest BCUT2D eigenvalue weighted by molar-refractivity contribution is 5.90. The minimum Gasteiger partial charge on any atom is -0.449 e. The molecule has 1 unspecified atom stereocenters. The van der Waals surface area contributed by atoms with Gasteiger partial charge in [-0.3, -0.25) is 4.79 Å². The molecule has 0 aliphatic heterocycles. The molecule has 0 aliphatic rings. The van der Waals surface area contributed by atoms with Gasteiger partial charge >= 0.3 is 12.2 Å². The maximum Gasteiger partial charge on any atom is 0.417 e. The number of pyridine rings is 1. The number of hydrogen-bond acceptors (Lipinski definition) is 7. The minimum absolute atomic E-state index is 0.0564. The highest BCUT2D eigenvalue weighted by atomic mass is 16.6. The van der Waals surface area contributed by atoms with Gasteiger partial charge in [0.2, 0.25) is 11.6 Å². The van der Waals surface area contributed by atoms with Crippen LogP contribution in [0.1, 0.15) is 141 Å². The summed E-state index contributed by atoms with van der Waals surface area (Å²) in [5, 5.41) is 6.73. The van der Waals surface area contributed by atoms with Crippen molar-refractivity contribution in [3.8, 4) is 0 Å². The Bertz CT molecular complexity index is 1090. The Morgan fingerprint density at radius 3 is 1.96 bits per heavy atom. The highest BCUT2D eigenvalue weighted by Crippen LogP contribution is 2.17. The van der Waals surface area contributed by atoms with Gasteiger partial charge in [-0.2, -0.15) is 0 Å². The molecule has 2 aromatic rings. The number of carbonyl (C=O) groups is 3. The third kappa shape index (κ3) is 16.8. The van der Waals surface area contributed by atoms with E-state index in [1.54, 1.807) is 6.07 Å². The summed E-state index contributed by atoms with van der Waals surface area (Å²) in [5.41, 5.74) is 1.29. The van der Waals surface area contributed by atoms with E-state index in [4.69, 9.17) is 14.0 Å². The van der Waals surface area contributed by atoms with E-state index in [0.717, 1.165) is 23.4 Å². The molecule has 1 N–H and O–H groups in total. The number of rotatable bonds is 25. The number of ether oxygens (including phenoxy) is 2. The zero-order valence-corrected chi connectivity index (χ0v) is 28.7. The first-order chi connectivity index (χ1) is 22.5. The molecule has 0 radical (unpaired) electrons. The summed E-state index contributed by atoms with van der Waals surface area (Å²) in [5.74, 6) is -0.977. The SMILES string of the molecule is CCCCCCCCCCCCCCCCCCNC(=O)OCC(COC(=O)N(Cc1cccc[n+]1CC)C(C)=O)c1ccon1. The lowest BCUT2D eigenvalue weighted by molar-refractivity contribution is -0.701. The second-order valence-electron chi connectivity index (χ2n) is 12.1. The fraction of sp³-hybridized carbons (Fsp3) is 0.694. The smallest absolute Gasteiger partial charge is 0.417 e. The van der Waals surface area contributed by atoms with Gasteiger partial charge in [-0.1, -0.05) is 114 Å². The number of imide groups is 1. The number of carbonyl (C=O) groups excluding carboxylic acids is 3. The summed E-state index contributed by atoms with van der Waals surface area (Å²) >= 11 is 0. The maximum absolute atomic E-state index is 12.9. The van der Waals surface area contributed by atoms with E-state index in [-0.39, 0.29) is 19.8 Å². The van der Waals surface area contributed by atoms with E-state index in [9.17, 15) is 14.4 Å². The van der Waals surface area contributed by atoms with Crippen LogP contribution in [0.5, 0.6) is 0 Å². The van der Waals surface area contributed by atoms with Gasteiger partial charge in [0.15, 0.2) is 6.20 Å². The number of hydrogen-bond donors (Lipinski definition) is 1. The zero-order chi connectivity index (χ0) is 33.2. The number of unbranched alkanes of at least 4 members (excludes halogenated alkanes) is 15. The van der Waals surface area contributed by atoms with E-state index >= 15 is 0 Å². The van der Waals surface area contributed by atoms with Crippen molar-refractivity contribution in [2.45, 2.75) is 143 Å². The Balaban J connectivity index is 1.58. The molecule has 0 aromatic carbocycles. The van der Waals surface area contributed by atoms with Crippen LogP contribution in [-0.2, 0) is 27.4 Å². The van der Waals surface area contributed by atoms with Crippen LogP contribution in [-0.4, -0.2) is 47.9 Å². The molecule has 0 saturated carbocycles. The summed E-state index contributed by atoms with van der Waals surface area (Å²) in [6.45, 7) is 6.71. The van der Waals surface area contributed by atoms with E-state index in [2.05, 4.69) is 17.4 Å². The van der Waals surface area contributed by atoms with E-state index in [0.29, 0.717) is 18.8 Å². The van der Waals surface area contributed by atoms with Crippen molar-refractivity contribution in [2.24, 2.45) is 0 Å². The summed E-state index contributed by atoms with van der Waals surface area (Å²) < 4.78 is 17.8. The third-order valence-corrected chi connectivity index (χ3v) is 8.30. The Morgan fingerprint density at radius 1 is 0.826 bits per heavy atom. The van der Waals surface area contributed by atoms with E-state index in [1.807, 2.05) is 35.9 Å². The second kappa shape index (κ2) is 24.8. The molecule has 10 nitrogen and oxygen atoms in total. The molecule has 0 saturated heterocycles. The van der Waals surface area contributed by atoms with Gasteiger partial charge in [-0.05, 0) is 13.3 Å². The first-order valence-corrected chi connectivity index (χ1v) is 17.7. The van der Waals surface area contributed by atoms with Gasteiger partial charge in [0.05, 0.1) is 11.6 Å². The predicted octanol–water partition coefficient (Wildman–Crippen LogP) is 8.24. The number of amides is 3. The predicted molar refractivity (Wildman–Crippen MR) is 178 cm³/mol. The van der Waals surface area contributed by atoms with Gasteiger partial charge in [0.1, 0.15) is 32.6 Å². The van der Waals surface area contributed by atoms with Gasteiger partial charge in [-0.15, -0.1) is 0 Å². The molecule has 0 bridgehead atoms. The first-order valence-electron chi connectivity index (χ1n) is 17.7. The molecule has 0 fully saturated rings. The van der Waals surface area contributed by atoms with Crippen LogP contribution < -0.4 is 9.88 Å². The van der Waals surface area contributed by atoms with Crippen LogP contribution >= 0.6 is 0 Å². The summed E-state index contributed by atoms with van der Waals surface area (Å²) in [6, 6.07) is 7.24. The molecule has 2 aromatic heterocycles. The lowest BCUT2D eigenvalue weighted by Gasteiger charge is -2.20. The van der Waals surface area contributed by atoms with Gasteiger partial charge in [0, 0.05) is 31.7 Å². The Kier molecular flexibility index (Phi) is 20.9. The van der Waals surface area contributed by atoms with Crippen molar-refractivity contribution in [2.75, 3.05) is 19.8 Å². The van der Waals surface area contributed by atoms with E-state index < -0.39 is 24.0 Å². The minimum atomic E-state index is -0.777. The van der Waals surface area contributed by atoms with Crippen molar-refractivity contribution in [3.05, 3.63) is 48.1 Å². The van der Waals surface area contributed by atoms with Crippen LogP contribution in [0.4, 0.5) is 9.59 Å². The molecular weight excluding hydrogens is 584 g/mol. The van der Waals surface area contributed by atoms with Crippen molar-refractivity contribution in [1.29, 1.82) is 0 Å². The van der Waals surface area contributed by atoms with Crippen molar-refractivity contribution >= 4 is 18.1 Å². The lowest BCUT2D eigenvalue weighted by atomic mass is 10.0. The fourth-order valence-electron chi connectivity index (χ4n) is 5.42. The Hall–Kier alpha value is -3.43. The molecular formula is C36H59N4O6+. The highest BCUT2D eigenvalue weighted by Gasteiger charge is 2.26. The fourth-order valence-corrected chi connectivity index (χ4v) is 5.42. The molecule has 10 heteroatoms. The number of nitrogens with zero attached hydrogens (tertiary/aromatic N) is 3. The Labute approximate surface area is 276 Å². The third-order valence-electron chi connectivity index (χ3n) is 8.30. The molecule has 3 amide bonds. The van der Waals surface area contributed by atoms with Crippen LogP contribution in [0, 0.1) is 0 Å². The van der Waals surface area contributed by atoms with Gasteiger partial charge in [0.25, 0.3) is 0 Å². The molecule has 0 spiro atoms. The molecule has 0 aliphatic carbocycles. The average molecular weight is 644 g/mol. The molecule has 1 atom stereocenters. The first kappa shape index (κ1) is 38.8. The number of aryl methyl sites for hydroxylation is 1. The molecule has 2 rings (SSSR count). The van der Waals surface area contributed by atoms with Crippen molar-refractivity contribution < 1.29 is 32.9 Å². The normalized spacial score (nSPS) is 11.6. The molecule has 46 heavy (non-hydrogen) atoms. The number of nitrogens with one attached hydrogen (secondary N) is 1. The standard InChI is InChI=1S/C36H58N4O6/c1-4-6-7-8-9-10-11-12-13-14-15-16-17-18-19-21-25-37-35(42)44-29-32(34-24-27-46-38-34)30-45-36(43)40(31(3)41)28-33-23-20-22-26-39(33)5-2/h20,22-24,26-27,32H,4-19,21,25,28-30H2,1-3H3/p+1. The Morgan fingerprint density at radius 2 is 1.41 bits per heavy atom. The summed E-state index contributed by atoms with van der Waals surface area (Å²) in [6.07, 6.45) is 22.8. The molecule has 258 valence electrons. The second-order valence-corrected chi connectivity index (χ2v) is 12.1. The monoisotopic (exact) mass is 643 g/mol. The number of aromatic nitrogens is 2. The summed E-state index contributed by atoms with van der Waals surface area (Å²) in [4.78, 5) is 38.6. The zero-order valence-electron chi connectivity index (χ0n) is 28.7. The average Bonchev–Trinajstić information content (AvgIpc) is 3.60.